The van der Waals surface area contributed by atoms with Crippen molar-refractivity contribution in [3.63, 3.8) is 0 Å². The summed E-state index contributed by atoms with van der Waals surface area (Å²) in [5.74, 6) is -0.380. The minimum Gasteiger partial charge on any atom is -0.508 e. The first-order chi connectivity index (χ1) is 9.51. The Morgan fingerprint density at radius 3 is 2.60 bits per heavy atom. The van der Waals surface area contributed by atoms with E-state index >= 15 is 0 Å². The van der Waals surface area contributed by atoms with Crippen molar-refractivity contribution in [1.29, 1.82) is 0 Å². The average molecular weight is 278 g/mol. The fraction of sp³-hybridized carbons (Fsp3) is 0.533. The molecule has 1 amide bonds. The maximum Gasteiger partial charge on any atom is 0.253 e. The van der Waals surface area contributed by atoms with Gasteiger partial charge in [0.1, 0.15) is 11.5 Å². The molecule has 1 aromatic carbocycles. The van der Waals surface area contributed by atoms with E-state index in [0.717, 1.165) is 19.5 Å². The molecule has 1 heterocycles. The van der Waals surface area contributed by atoms with Gasteiger partial charge < -0.3 is 15.1 Å². The Morgan fingerprint density at radius 2 is 2.00 bits per heavy atom. The van der Waals surface area contributed by atoms with Gasteiger partial charge in [0.05, 0.1) is 0 Å². The molecule has 1 aliphatic rings. The molecule has 5 heteroatoms. The molecule has 110 valence electrons. The molecule has 0 bridgehead atoms. The summed E-state index contributed by atoms with van der Waals surface area (Å²) in [5.41, 5.74) is 0.311. The summed E-state index contributed by atoms with van der Waals surface area (Å²) >= 11 is 0. The molecule has 1 fully saturated rings. The summed E-state index contributed by atoms with van der Waals surface area (Å²) in [5, 5.41) is 18.9. The van der Waals surface area contributed by atoms with Crippen LogP contribution in [-0.2, 0) is 0 Å². The van der Waals surface area contributed by atoms with E-state index in [4.69, 9.17) is 0 Å². The largest absolute Gasteiger partial charge is 0.508 e. The Morgan fingerprint density at radius 1 is 1.35 bits per heavy atom. The molecule has 1 atom stereocenters. The number of carbonyl (C=O) groups excluding carboxylic acids is 1. The maximum atomic E-state index is 12.3. The van der Waals surface area contributed by atoms with Crippen molar-refractivity contribution in [2.45, 2.75) is 25.8 Å². The number of hydrogen-bond donors (Lipinski definition) is 2. The number of likely N-dealkylation sites (N-methyl/N-ethyl adjacent to an activating group) is 2. The highest BCUT2D eigenvalue weighted by molar-refractivity contribution is 5.94. The predicted octanol–water partition coefficient (Wildman–Crippen LogP) is 1.65. The molecule has 20 heavy (non-hydrogen) atoms. The first kappa shape index (κ1) is 14.7. The molecule has 5 nitrogen and oxygen atoms in total. The zero-order valence-corrected chi connectivity index (χ0v) is 12.0. The van der Waals surface area contributed by atoms with Gasteiger partial charge in [0.2, 0.25) is 0 Å². The van der Waals surface area contributed by atoms with E-state index in [1.165, 1.54) is 24.6 Å². The first-order valence-corrected chi connectivity index (χ1v) is 7.03. The summed E-state index contributed by atoms with van der Waals surface area (Å²) in [6, 6.07) is 4.38. The molecule has 1 saturated heterocycles. The van der Waals surface area contributed by atoms with Crippen molar-refractivity contribution in [1.82, 2.24) is 9.80 Å². The Bertz CT molecular complexity index is 470. The van der Waals surface area contributed by atoms with Gasteiger partial charge in [-0.15, -0.1) is 0 Å². The lowest BCUT2D eigenvalue weighted by Crippen LogP contribution is -2.41. The maximum absolute atomic E-state index is 12.3. The highest BCUT2D eigenvalue weighted by atomic mass is 16.3. The fourth-order valence-electron chi connectivity index (χ4n) is 2.86. The molecule has 0 aromatic heterocycles. The van der Waals surface area contributed by atoms with Crippen molar-refractivity contribution >= 4 is 5.91 Å². The molecule has 2 rings (SSSR count). The lowest BCUT2D eigenvalue weighted by molar-refractivity contribution is 0.0754. The quantitative estimate of drug-likeness (QED) is 0.879. The Balaban J connectivity index is 2.04. The lowest BCUT2D eigenvalue weighted by Gasteiger charge is -2.27. The molecule has 0 spiro atoms. The van der Waals surface area contributed by atoms with Crippen LogP contribution in [0, 0.1) is 0 Å². The van der Waals surface area contributed by atoms with Crippen LogP contribution in [0.15, 0.2) is 18.2 Å². The number of phenols is 2. The zero-order valence-electron chi connectivity index (χ0n) is 12.0. The van der Waals surface area contributed by atoms with Crippen LogP contribution in [0.25, 0.3) is 0 Å². The number of aromatic hydroxyl groups is 2. The monoisotopic (exact) mass is 278 g/mol. The number of hydrogen-bond acceptors (Lipinski definition) is 4. The fourth-order valence-corrected chi connectivity index (χ4v) is 2.86. The number of phenolic OH excluding ortho intramolecular Hbond substituents is 2. The van der Waals surface area contributed by atoms with E-state index in [-0.39, 0.29) is 17.4 Å². The number of nitrogens with zero attached hydrogens (tertiary/aromatic N) is 2. The third-order valence-corrected chi connectivity index (χ3v) is 3.89. The van der Waals surface area contributed by atoms with Gasteiger partial charge in [-0.3, -0.25) is 9.69 Å². The number of amides is 1. The zero-order chi connectivity index (χ0) is 14.7. The second kappa shape index (κ2) is 6.13. The molecule has 1 aliphatic heterocycles. The van der Waals surface area contributed by atoms with E-state index in [1.54, 1.807) is 11.9 Å². The molecule has 0 aliphatic carbocycles. The van der Waals surface area contributed by atoms with Gasteiger partial charge in [-0.1, -0.05) is 6.92 Å². The summed E-state index contributed by atoms with van der Waals surface area (Å²) in [7, 11) is 1.76. The van der Waals surface area contributed by atoms with Gasteiger partial charge in [-0.2, -0.15) is 0 Å². The standard InChI is InChI=1S/C15H22N2O3/c1-3-17-6-4-5-12(17)10-16(2)15(20)11-7-13(18)9-14(19)8-11/h7-9,12,18-19H,3-6,10H2,1-2H3. The van der Waals surface area contributed by atoms with Crippen LogP contribution >= 0.6 is 0 Å². The third-order valence-electron chi connectivity index (χ3n) is 3.89. The topological polar surface area (TPSA) is 64.0 Å². The molecular weight excluding hydrogens is 256 g/mol. The van der Waals surface area contributed by atoms with Crippen LogP contribution in [0.2, 0.25) is 0 Å². The Labute approximate surface area is 119 Å². The highest BCUT2D eigenvalue weighted by Gasteiger charge is 2.26. The van der Waals surface area contributed by atoms with Gasteiger partial charge in [0, 0.05) is 31.3 Å². The molecule has 1 unspecified atom stereocenters. The van der Waals surface area contributed by atoms with E-state index in [2.05, 4.69) is 11.8 Å². The Hall–Kier alpha value is -1.75. The first-order valence-electron chi connectivity index (χ1n) is 7.03. The molecular formula is C15H22N2O3. The summed E-state index contributed by atoms with van der Waals surface area (Å²) in [6.45, 7) is 4.90. The second-order valence-corrected chi connectivity index (χ2v) is 5.35. The molecule has 2 N–H and O–H groups in total. The molecule has 0 saturated carbocycles. The molecule has 1 aromatic rings. The van der Waals surface area contributed by atoms with Crippen LogP contribution in [0.4, 0.5) is 0 Å². The van der Waals surface area contributed by atoms with E-state index in [1.807, 2.05) is 0 Å². The van der Waals surface area contributed by atoms with Gasteiger partial charge in [0.15, 0.2) is 0 Å². The van der Waals surface area contributed by atoms with Crippen molar-refractivity contribution < 1.29 is 15.0 Å². The summed E-state index contributed by atoms with van der Waals surface area (Å²) < 4.78 is 0. The number of likely N-dealkylation sites (tertiary alicyclic amines) is 1. The number of benzene rings is 1. The summed E-state index contributed by atoms with van der Waals surface area (Å²) in [6.07, 6.45) is 2.28. The van der Waals surface area contributed by atoms with E-state index < -0.39 is 0 Å². The normalized spacial score (nSPS) is 19.2. The van der Waals surface area contributed by atoms with Crippen LogP contribution in [0.5, 0.6) is 11.5 Å². The van der Waals surface area contributed by atoms with E-state index in [0.29, 0.717) is 18.2 Å². The Kier molecular flexibility index (Phi) is 4.49. The minimum absolute atomic E-state index is 0.0993. The van der Waals surface area contributed by atoms with Crippen molar-refractivity contribution in [2.75, 3.05) is 26.7 Å². The van der Waals surface area contributed by atoms with Crippen molar-refractivity contribution in [3.05, 3.63) is 23.8 Å². The SMILES string of the molecule is CCN1CCCC1CN(C)C(=O)c1cc(O)cc(O)c1. The van der Waals surface area contributed by atoms with Crippen LogP contribution in [0.3, 0.4) is 0 Å². The van der Waals surface area contributed by atoms with Gasteiger partial charge in [-0.05, 0) is 38.1 Å². The van der Waals surface area contributed by atoms with E-state index in [9.17, 15) is 15.0 Å². The molecule has 0 radical (unpaired) electrons. The van der Waals surface area contributed by atoms with Crippen LogP contribution in [0.1, 0.15) is 30.1 Å². The minimum atomic E-state index is -0.181. The van der Waals surface area contributed by atoms with Crippen molar-refractivity contribution in [2.24, 2.45) is 0 Å². The average Bonchev–Trinajstić information content (AvgIpc) is 2.83. The van der Waals surface area contributed by atoms with Gasteiger partial charge in [-0.25, -0.2) is 0 Å². The van der Waals surface area contributed by atoms with Gasteiger partial charge >= 0.3 is 0 Å². The summed E-state index contributed by atoms with van der Waals surface area (Å²) in [4.78, 5) is 16.4. The highest BCUT2D eigenvalue weighted by Crippen LogP contribution is 2.22. The second-order valence-electron chi connectivity index (χ2n) is 5.35. The van der Waals surface area contributed by atoms with Crippen molar-refractivity contribution in [3.8, 4) is 11.5 Å². The third kappa shape index (κ3) is 3.22. The van der Waals surface area contributed by atoms with Gasteiger partial charge in [0.25, 0.3) is 5.91 Å². The van der Waals surface area contributed by atoms with Crippen LogP contribution in [-0.4, -0.2) is 58.6 Å². The predicted molar refractivity (Wildman–Crippen MR) is 77.0 cm³/mol. The van der Waals surface area contributed by atoms with Crippen LogP contribution < -0.4 is 0 Å². The lowest BCUT2D eigenvalue weighted by atomic mass is 10.1. The number of rotatable bonds is 4. The smallest absolute Gasteiger partial charge is 0.253 e. The number of carbonyl (C=O) groups is 1.